The molecule has 2 aromatic rings. The molecule has 1 fully saturated rings. The summed E-state index contributed by atoms with van der Waals surface area (Å²) in [5, 5.41) is 5.09. The van der Waals surface area contributed by atoms with E-state index in [1.165, 1.54) is 0 Å². The van der Waals surface area contributed by atoms with E-state index < -0.39 is 0 Å². The van der Waals surface area contributed by atoms with Gasteiger partial charge >= 0.3 is 0 Å². The van der Waals surface area contributed by atoms with Crippen LogP contribution in [0.5, 0.6) is 0 Å². The monoisotopic (exact) mass is 242 g/mol. The third kappa shape index (κ3) is 2.00. The van der Waals surface area contributed by atoms with Gasteiger partial charge in [0.05, 0.1) is 6.61 Å². The number of morpholine rings is 1. The van der Waals surface area contributed by atoms with E-state index in [2.05, 4.69) is 10.3 Å². The molecule has 1 aliphatic rings. The summed E-state index contributed by atoms with van der Waals surface area (Å²) in [6.07, 6.45) is 3.08. The molecule has 0 radical (unpaired) electrons. The van der Waals surface area contributed by atoms with Crippen molar-refractivity contribution >= 4 is 16.6 Å². The molecule has 1 unspecified atom stereocenters. The molecule has 4 nitrogen and oxygen atoms in total. The summed E-state index contributed by atoms with van der Waals surface area (Å²) in [6, 6.07) is 7.62. The first-order valence-electron chi connectivity index (χ1n) is 6.05. The number of ketones is 1. The molecule has 0 bridgehead atoms. The fraction of sp³-hybridized carbons (Fsp3) is 0.286. The average molecular weight is 242 g/mol. The predicted octanol–water partition coefficient (Wildman–Crippen LogP) is 1.41. The summed E-state index contributed by atoms with van der Waals surface area (Å²) in [5.41, 5.74) is 0.689. The molecule has 0 spiro atoms. The largest absolute Gasteiger partial charge is 0.367 e. The number of rotatable bonds is 2. The van der Waals surface area contributed by atoms with Crippen molar-refractivity contribution in [2.75, 3.05) is 19.7 Å². The Labute approximate surface area is 105 Å². The van der Waals surface area contributed by atoms with Gasteiger partial charge in [-0.25, -0.2) is 0 Å². The zero-order valence-corrected chi connectivity index (χ0v) is 9.93. The standard InChI is InChI=1S/C14H14N2O2/c17-14(13-9-16-6-7-18-13)11-3-1-2-10-4-5-15-8-12(10)11/h1-5,8,13,16H,6-7,9H2. The van der Waals surface area contributed by atoms with E-state index in [4.69, 9.17) is 4.74 Å². The maximum atomic E-state index is 12.4. The first-order valence-corrected chi connectivity index (χ1v) is 6.05. The lowest BCUT2D eigenvalue weighted by Gasteiger charge is -2.22. The van der Waals surface area contributed by atoms with Gasteiger partial charge in [-0.15, -0.1) is 0 Å². The molecule has 92 valence electrons. The first-order chi connectivity index (χ1) is 8.86. The fourth-order valence-corrected chi connectivity index (χ4v) is 2.24. The van der Waals surface area contributed by atoms with Crippen LogP contribution in [-0.2, 0) is 4.74 Å². The second-order valence-corrected chi connectivity index (χ2v) is 4.33. The second-order valence-electron chi connectivity index (χ2n) is 4.33. The lowest BCUT2D eigenvalue weighted by Crippen LogP contribution is -2.43. The molecule has 1 N–H and O–H groups in total. The Hall–Kier alpha value is -1.78. The third-order valence-electron chi connectivity index (χ3n) is 3.17. The van der Waals surface area contributed by atoms with Gasteiger partial charge in [0, 0.05) is 36.4 Å². The zero-order valence-electron chi connectivity index (χ0n) is 9.93. The van der Waals surface area contributed by atoms with Crippen LogP contribution >= 0.6 is 0 Å². The Morgan fingerprint density at radius 1 is 1.39 bits per heavy atom. The molecule has 4 heteroatoms. The van der Waals surface area contributed by atoms with E-state index in [1.54, 1.807) is 12.4 Å². The molecular formula is C14H14N2O2. The first kappa shape index (κ1) is 11.3. The highest BCUT2D eigenvalue weighted by Crippen LogP contribution is 2.19. The Kier molecular flexibility index (Phi) is 3.04. The lowest BCUT2D eigenvalue weighted by atomic mass is 10.00. The highest BCUT2D eigenvalue weighted by atomic mass is 16.5. The minimum absolute atomic E-state index is 0.0285. The predicted molar refractivity (Wildman–Crippen MR) is 68.7 cm³/mol. The number of nitrogens with one attached hydrogen (secondary N) is 1. The van der Waals surface area contributed by atoms with Gasteiger partial charge in [-0.3, -0.25) is 9.78 Å². The van der Waals surface area contributed by atoms with Gasteiger partial charge in [-0.2, -0.15) is 0 Å². The van der Waals surface area contributed by atoms with E-state index in [0.717, 1.165) is 17.3 Å². The summed E-state index contributed by atoms with van der Waals surface area (Å²) in [5.74, 6) is 0.0285. The normalized spacial score (nSPS) is 19.9. The number of hydrogen-bond donors (Lipinski definition) is 1. The van der Waals surface area contributed by atoms with Crippen LogP contribution < -0.4 is 5.32 Å². The lowest BCUT2D eigenvalue weighted by molar-refractivity contribution is 0.0270. The Morgan fingerprint density at radius 3 is 3.17 bits per heavy atom. The minimum atomic E-state index is -0.385. The van der Waals surface area contributed by atoms with Crippen LogP contribution in [0.4, 0.5) is 0 Å². The fourth-order valence-electron chi connectivity index (χ4n) is 2.24. The number of benzene rings is 1. The van der Waals surface area contributed by atoms with Crippen molar-refractivity contribution in [3.63, 3.8) is 0 Å². The Balaban J connectivity index is 2.00. The third-order valence-corrected chi connectivity index (χ3v) is 3.17. The number of pyridine rings is 1. The second kappa shape index (κ2) is 4.84. The van der Waals surface area contributed by atoms with Gasteiger partial charge in [0.2, 0.25) is 0 Å². The van der Waals surface area contributed by atoms with Gasteiger partial charge in [-0.05, 0) is 11.5 Å². The topological polar surface area (TPSA) is 51.2 Å². The average Bonchev–Trinajstić information content (AvgIpc) is 2.47. The van der Waals surface area contributed by atoms with Crippen LogP contribution in [0.1, 0.15) is 10.4 Å². The molecule has 2 heterocycles. The summed E-state index contributed by atoms with van der Waals surface area (Å²) in [6.45, 7) is 1.97. The molecule has 1 aromatic carbocycles. The van der Waals surface area contributed by atoms with Crippen LogP contribution in [0.2, 0.25) is 0 Å². The molecule has 0 saturated carbocycles. The SMILES string of the molecule is O=C(c1cccc2ccncc12)C1CNCCO1. The van der Waals surface area contributed by atoms with Crippen molar-refractivity contribution in [1.82, 2.24) is 10.3 Å². The number of hydrogen-bond acceptors (Lipinski definition) is 4. The van der Waals surface area contributed by atoms with Crippen LogP contribution in [0.15, 0.2) is 36.7 Å². The van der Waals surface area contributed by atoms with Crippen LogP contribution in [0.25, 0.3) is 10.8 Å². The zero-order chi connectivity index (χ0) is 12.4. The molecule has 1 saturated heterocycles. The summed E-state index contributed by atoms with van der Waals surface area (Å²) in [7, 11) is 0. The van der Waals surface area contributed by atoms with Crippen LogP contribution in [-0.4, -0.2) is 36.6 Å². The molecule has 18 heavy (non-hydrogen) atoms. The van der Waals surface area contributed by atoms with Crippen molar-refractivity contribution < 1.29 is 9.53 Å². The number of nitrogens with zero attached hydrogens (tertiary/aromatic N) is 1. The molecule has 0 aliphatic carbocycles. The quantitative estimate of drug-likeness (QED) is 0.809. The number of ether oxygens (including phenoxy) is 1. The highest BCUT2D eigenvalue weighted by Gasteiger charge is 2.24. The smallest absolute Gasteiger partial charge is 0.193 e. The van der Waals surface area contributed by atoms with E-state index in [9.17, 15) is 4.79 Å². The molecule has 1 aromatic heterocycles. The maximum Gasteiger partial charge on any atom is 0.193 e. The van der Waals surface area contributed by atoms with Crippen LogP contribution in [0.3, 0.4) is 0 Å². The summed E-state index contributed by atoms with van der Waals surface area (Å²) in [4.78, 5) is 16.5. The molecule has 1 aliphatic heterocycles. The number of Topliss-reactive ketones (excluding diaryl/α,β-unsaturated/α-hetero) is 1. The molecule has 3 rings (SSSR count). The number of carbonyl (C=O) groups excluding carboxylic acids is 1. The Bertz CT molecular complexity index is 572. The van der Waals surface area contributed by atoms with Crippen molar-refractivity contribution in [2.45, 2.75) is 6.10 Å². The number of fused-ring (bicyclic) bond motifs is 1. The van der Waals surface area contributed by atoms with Gasteiger partial charge in [0.15, 0.2) is 5.78 Å². The van der Waals surface area contributed by atoms with Crippen molar-refractivity contribution in [2.24, 2.45) is 0 Å². The van der Waals surface area contributed by atoms with Crippen molar-refractivity contribution in [3.05, 3.63) is 42.2 Å². The van der Waals surface area contributed by atoms with Crippen LogP contribution in [0, 0.1) is 0 Å². The van der Waals surface area contributed by atoms with Gasteiger partial charge in [0.1, 0.15) is 6.10 Å². The number of aromatic nitrogens is 1. The summed E-state index contributed by atoms with van der Waals surface area (Å²) < 4.78 is 5.51. The highest BCUT2D eigenvalue weighted by molar-refractivity contribution is 6.10. The molecule has 1 atom stereocenters. The van der Waals surface area contributed by atoms with Gasteiger partial charge in [0.25, 0.3) is 0 Å². The van der Waals surface area contributed by atoms with Gasteiger partial charge in [-0.1, -0.05) is 18.2 Å². The van der Waals surface area contributed by atoms with E-state index in [0.29, 0.717) is 18.7 Å². The minimum Gasteiger partial charge on any atom is -0.367 e. The van der Waals surface area contributed by atoms with E-state index in [-0.39, 0.29) is 11.9 Å². The van der Waals surface area contributed by atoms with Crippen molar-refractivity contribution in [1.29, 1.82) is 0 Å². The molecule has 0 amide bonds. The molecular weight excluding hydrogens is 228 g/mol. The van der Waals surface area contributed by atoms with Crippen molar-refractivity contribution in [3.8, 4) is 0 Å². The Morgan fingerprint density at radius 2 is 2.33 bits per heavy atom. The van der Waals surface area contributed by atoms with Gasteiger partial charge < -0.3 is 10.1 Å². The number of carbonyl (C=O) groups is 1. The van der Waals surface area contributed by atoms with E-state index in [1.807, 2.05) is 24.3 Å². The van der Waals surface area contributed by atoms with E-state index >= 15 is 0 Å². The maximum absolute atomic E-state index is 12.4. The summed E-state index contributed by atoms with van der Waals surface area (Å²) >= 11 is 0.